The summed E-state index contributed by atoms with van der Waals surface area (Å²) in [5.41, 5.74) is 0.401. The molecule has 0 spiro atoms. The van der Waals surface area contributed by atoms with Crippen molar-refractivity contribution in [3.63, 3.8) is 0 Å². The molecule has 0 aliphatic carbocycles. The van der Waals surface area contributed by atoms with Crippen LogP contribution in [0.2, 0.25) is 5.02 Å². The van der Waals surface area contributed by atoms with Crippen molar-refractivity contribution in [3.05, 3.63) is 45.4 Å². The highest BCUT2D eigenvalue weighted by molar-refractivity contribution is 7.15. The first kappa shape index (κ1) is 22.8. The number of thiophene rings is 1. The summed E-state index contributed by atoms with van der Waals surface area (Å²) in [6.45, 7) is 1.41. The summed E-state index contributed by atoms with van der Waals surface area (Å²) in [6.07, 6.45) is -11.9. The number of halogens is 6. The topological polar surface area (TPSA) is 88.8 Å². The van der Waals surface area contributed by atoms with Crippen LogP contribution in [0.4, 0.5) is 22.0 Å². The molecule has 2 heterocycles. The van der Waals surface area contributed by atoms with Gasteiger partial charge in [-0.25, -0.2) is 0 Å². The molecule has 2 N–H and O–H groups in total. The Bertz CT molecular complexity index is 1200. The maximum atomic E-state index is 13.1. The van der Waals surface area contributed by atoms with Crippen LogP contribution in [-0.4, -0.2) is 38.9 Å². The molecule has 0 bridgehead atoms. The minimum Gasteiger partial charge on any atom is -0.506 e. The van der Waals surface area contributed by atoms with E-state index >= 15 is 0 Å². The highest BCUT2D eigenvalue weighted by Gasteiger charge is 2.61. The molecular weight excluding hydrogens is 473 g/mol. The largest absolute Gasteiger partial charge is 0.506 e. The van der Waals surface area contributed by atoms with Crippen molar-refractivity contribution in [3.8, 4) is 10.8 Å². The van der Waals surface area contributed by atoms with Crippen LogP contribution in [0.15, 0.2) is 24.3 Å². The number of ether oxygens (including phenoxy) is 1. The Balaban J connectivity index is 2.08. The fraction of sp³-hybridized carbons (Fsp3) is 0.222. The van der Waals surface area contributed by atoms with Crippen molar-refractivity contribution < 1.29 is 46.5 Å². The van der Waals surface area contributed by atoms with E-state index in [1.807, 2.05) is 0 Å². The van der Waals surface area contributed by atoms with Gasteiger partial charge < -0.3 is 14.9 Å². The summed E-state index contributed by atoms with van der Waals surface area (Å²) >= 11 is 6.35. The molecular formula is C18H11ClF5NO5S. The molecule has 6 nitrogen and oxygen atoms in total. The molecule has 2 aromatic heterocycles. The zero-order valence-electron chi connectivity index (χ0n) is 15.3. The third-order valence-electron chi connectivity index (χ3n) is 4.30. The van der Waals surface area contributed by atoms with Crippen molar-refractivity contribution >= 4 is 45.7 Å². The fourth-order valence-corrected chi connectivity index (χ4v) is 4.03. The third kappa shape index (κ3) is 4.04. The van der Waals surface area contributed by atoms with Gasteiger partial charge in [0.05, 0.1) is 21.8 Å². The Kier molecular flexibility index (Phi) is 5.65. The SMILES string of the molecule is Cc1c(CC(=O)O)c2c(Cl)c(O)ccc2n1C(=O)c1ccc(OC(F)(F)C(F)(F)F)s1. The van der Waals surface area contributed by atoms with E-state index in [0.717, 1.165) is 16.7 Å². The molecule has 0 saturated carbocycles. The normalized spacial score (nSPS) is 12.4. The molecule has 0 unspecified atom stereocenters. The van der Waals surface area contributed by atoms with Crippen LogP contribution in [0.3, 0.4) is 0 Å². The maximum Gasteiger partial charge on any atom is 0.499 e. The monoisotopic (exact) mass is 483 g/mol. The van der Waals surface area contributed by atoms with Gasteiger partial charge in [-0.3, -0.25) is 14.2 Å². The number of hydrogen-bond donors (Lipinski definition) is 2. The molecule has 0 radical (unpaired) electrons. The molecule has 3 rings (SSSR count). The number of fused-ring (bicyclic) bond motifs is 1. The molecule has 31 heavy (non-hydrogen) atoms. The van der Waals surface area contributed by atoms with Crippen molar-refractivity contribution in [2.75, 3.05) is 0 Å². The van der Waals surface area contributed by atoms with E-state index in [4.69, 9.17) is 11.6 Å². The lowest BCUT2D eigenvalue weighted by Crippen LogP contribution is -2.41. The quantitative estimate of drug-likeness (QED) is 0.486. The number of aromatic hydroxyl groups is 1. The van der Waals surface area contributed by atoms with Crippen LogP contribution in [-0.2, 0) is 11.2 Å². The molecule has 3 aromatic rings. The third-order valence-corrected chi connectivity index (χ3v) is 5.63. The Labute approximate surface area is 179 Å². The predicted octanol–water partition coefficient (Wildman–Crippen LogP) is 5.22. The number of rotatable bonds is 5. The number of carbonyl (C=O) groups excluding carboxylic acids is 1. The smallest absolute Gasteiger partial charge is 0.499 e. The highest BCUT2D eigenvalue weighted by atomic mass is 35.5. The second-order valence-electron chi connectivity index (χ2n) is 6.30. The number of carboxylic acids is 1. The molecule has 13 heteroatoms. The van der Waals surface area contributed by atoms with Gasteiger partial charge in [0.2, 0.25) is 0 Å². The number of nitrogens with zero attached hydrogens (tertiary/aromatic N) is 1. The fourth-order valence-electron chi connectivity index (χ4n) is 2.94. The number of hydrogen-bond acceptors (Lipinski definition) is 5. The first-order valence-electron chi connectivity index (χ1n) is 8.26. The zero-order valence-corrected chi connectivity index (χ0v) is 16.8. The number of alkyl halides is 5. The number of carboxylic acid groups (broad SMARTS) is 1. The second-order valence-corrected chi connectivity index (χ2v) is 7.73. The van der Waals surface area contributed by atoms with E-state index in [9.17, 15) is 41.8 Å². The standard InChI is InChI=1S/C18H11ClF5NO5S/c1-7-8(6-12(27)28)14-9(2-3-10(26)15(14)19)25(7)16(29)11-4-5-13(31-11)30-18(23,24)17(20,21)22/h2-5,26H,6H2,1H3,(H,27,28). The Hall–Kier alpha value is -2.86. The molecule has 0 aliphatic heterocycles. The summed E-state index contributed by atoms with van der Waals surface area (Å²) in [6, 6.07) is 4.26. The van der Waals surface area contributed by atoms with Crippen LogP contribution in [0.5, 0.6) is 10.8 Å². The lowest BCUT2D eigenvalue weighted by Gasteiger charge is -2.18. The van der Waals surface area contributed by atoms with Crippen molar-refractivity contribution in [1.82, 2.24) is 4.57 Å². The van der Waals surface area contributed by atoms with Crippen LogP contribution >= 0.6 is 22.9 Å². The van der Waals surface area contributed by atoms with Gasteiger partial charge in [-0.2, -0.15) is 22.0 Å². The summed E-state index contributed by atoms with van der Waals surface area (Å²) in [7, 11) is 0. The molecule has 0 atom stereocenters. The van der Waals surface area contributed by atoms with Crippen LogP contribution in [0.25, 0.3) is 10.9 Å². The second kappa shape index (κ2) is 7.68. The van der Waals surface area contributed by atoms with E-state index < -0.39 is 35.6 Å². The van der Waals surface area contributed by atoms with Gasteiger partial charge in [0.25, 0.3) is 5.91 Å². The van der Waals surface area contributed by atoms with Gasteiger partial charge in [-0.05, 0) is 36.8 Å². The lowest BCUT2D eigenvalue weighted by molar-refractivity contribution is -0.359. The van der Waals surface area contributed by atoms with Crippen LogP contribution < -0.4 is 4.74 Å². The summed E-state index contributed by atoms with van der Waals surface area (Å²) in [5.74, 6) is -2.43. The molecule has 0 fully saturated rings. The summed E-state index contributed by atoms with van der Waals surface area (Å²) < 4.78 is 68.0. The van der Waals surface area contributed by atoms with Crippen molar-refractivity contribution in [2.45, 2.75) is 25.6 Å². The number of aliphatic carboxylic acids is 1. The Morgan fingerprint density at radius 2 is 1.81 bits per heavy atom. The molecule has 1 aromatic carbocycles. The average molecular weight is 484 g/mol. The Morgan fingerprint density at radius 3 is 2.39 bits per heavy atom. The van der Waals surface area contributed by atoms with E-state index in [-0.39, 0.29) is 49.1 Å². The maximum absolute atomic E-state index is 13.1. The highest BCUT2D eigenvalue weighted by Crippen LogP contribution is 2.41. The Morgan fingerprint density at radius 1 is 1.16 bits per heavy atom. The molecule has 0 amide bonds. The first-order chi connectivity index (χ1) is 14.2. The number of aromatic nitrogens is 1. The van der Waals surface area contributed by atoms with Gasteiger partial charge in [0, 0.05) is 11.1 Å². The summed E-state index contributed by atoms with van der Waals surface area (Å²) in [5, 5.41) is 18.1. The lowest BCUT2D eigenvalue weighted by atomic mass is 10.1. The minimum atomic E-state index is -5.95. The van der Waals surface area contributed by atoms with Crippen LogP contribution in [0.1, 0.15) is 20.9 Å². The van der Waals surface area contributed by atoms with Crippen molar-refractivity contribution in [2.24, 2.45) is 0 Å². The van der Waals surface area contributed by atoms with E-state index in [2.05, 4.69) is 4.74 Å². The zero-order chi connectivity index (χ0) is 23.3. The number of phenols is 1. The van der Waals surface area contributed by atoms with Gasteiger partial charge in [0.1, 0.15) is 5.75 Å². The van der Waals surface area contributed by atoms with Crippen LogP contribution in [0, 0.1) is 6.92 Å². The predicted molar refractivity (Wildman–Crippen MR) is 100 cm³/mol. The van der Waals surface area contributed by atoms with E-state index in [1.54, 1.807) is 0 Å². The number of phenolic OH excluding ortho intramolecular Hbond substituents is 1. The molecule has 0 aliphatic rings. The van der Waals surface area contributed by atoms with E-state index in [0.29, 0.717) is 0 Å². The van der Waals surface area contributed by atoms with Gasteiger partial charge in [-0.15, -0.1) is 0 Å². The van der Waals surface area contributed by atoms with Gasteiger partial charge in [0.15, 0.2) is 5.06 Å². The molecule has 166 valence electrons. The van der Waals surface area contributed by atoms with Gasteiger partial charge in [-0.1, -0.05) is 22.9 Å². The average Bonchev–Trinajstić information content (AvgIpc) is 3.19. The van der Waals surface area contributed by atoms with E-state index in [1.165, 1.54) is 19.1 Å². The van der Waals surface area contributed by atoms with Gasteiger partial charge >= 0.3 is 18.3 Å². The molecule has 0 saturated heterocycles. The first-order valence-corrected chi connectivity index (χ1v) is 9.45. The van der Waals surface area contributed by atoms with Crippen molar-refractivity contribution in [1.29, 1.82) is 0 Å². The minimum absolute atomic E-state index is 0.103. The summed E-state index contributed by atoms with van der Waals surface area (Å²) in [4.78, 5) is 24.0. The number of carbonyl (C=O) groups is 2. The number of benzene rings is 1.